The summed E-state index contributed by atoms with van der Waals surface area (Å²) < 4.78 is 15.2. The first-order valence-electron chi connectivity index (χ1n) is 10.8. The lowest BCUT2D eigenvalue weighted by atomic mass is 10.1. The minimum Gasteiger partial charge on any atom is -0.461 e. The first-order chi connectivity index (χ1) is 16.3. The van der Waals surface area contributed by atoms with Gasteiger partial charge in [0.2, 0.25) is 0 Å². The van der Waals surface area contributed by atoms with E-state index in [1.54, 1.807) is 0 Å². The van der Waals surface area contributed by atoms with Crippen molar-refractivity contribution in [1.82, 2.24) is 0 Å². The number of ether oxygens (including phenoxy) is 3. The number of nitrogens with zero attached hydrogens (tertiary/aromatic N) is 1. The van der Waals surface area contributed by atoms with E-state index in [-0.39, 0.29) is 37.7 Å². The third kappa shape index (κ3) is 7.20. The number of benzene rings is 3. The molecule has 176 valence electrons. The van der Waals surface area contributed by atoms with Crippen LogP contribution < -0.4 is 4.90 Å². The van der Waals surface area contributed by atoms with Gasteiger partial charge in [-0.15, -0.1) is 0 Å². The van der Waals surface area contributed by atoms with Gasteiger partial charge in [0, 0.05) is 37.8 Å². The quantitative estimate of drug-likeness (QED) is 0.314. The van der Waals surface area contributed by atoms with Crippen molar-refractivity contribution < 1.29 is 28.6 Å². The molecule has 0 fully saturated rings. The third-order valence-electron chi connectivity index (χ3n) is 4.91. The van der Waals surface area contributed by atoms with E-state index in [4.69, 9.17) is 14.2 Å². The molecule has 7 nitrogen and oxygen atoms in total. The first-order valence-corrected chi connectivity index (χ1v) is 10.8. The highest BCUT2D eigenvalue weighted by Crippen LogP contribution is 2.35. The lowest BCUT2D eigenvalue weighted by molar-refractivity contribution is -0.143. The number of anilines is 3. The van der Waals surface area contributed by atoms with Crippen LogP contribution in [0, 0.1) is 0 Å². The second-order valence-electron chi connectivity index (χ2n) is 7.68. The van der Waals surface area contributed by atoms with Gasteiger partial charge in [-0.2, -0.15) is 0 Å². The van der Waals surface area contributed by atoms with Crippen LogP contribution in [-0.2, 0) is 48.4 Å². The predicted molar refractivity (Wildman–Crippen MR) is 128 cm³/mol. The van der Waals surface area contributed by atoms with Crippen molar-refractivity contribution in [2.24, 2.45) is 0 Å². The van der Waals surface area contributed by atoms with E-state index in [0.717, 1.165) is 33.8 Å². The summed E-state index contributed by atoms with van der Waals surface area (Å²) >= 11 is 0. The van der Waals surface area contributed by atoms with Crippen LogP contribution in [0.4, 0.5) is 17.1 Å². The highest BCUT2D eigenvalue weighted by molar-refractivity contribution is 5.77. The van der Waals surface area contributed by atoms with Gasteiger partial charge in [0.05, 0.1) is 0 Å². The van der Waals surface area contributed by atoms with E-state index >= 15 is 0 Å². The Balaban J connectivity index is 1.89. The molecule has 0 N–H and O–H groups in total. The molecule has 3 rings (SSSR count). The fourth-order valence-corrected chi connectivity index (χ4v) is 3.23. The van der Waals surface area contributed by atoms with Gasteiger partial charge in [-0.05, 0) is 53.1 Å². The van der Waals surface area contributed by atoms with Crippen molar-refractivity contribution in [3.63, 3.8) is 0 Å². The highest BCUT2D eigenvalue weighted by Gasteiger charge is 2.13. The minimum atomic E-state index is -0.326. The lowest BCUT2D eigenvalue weighted by Gasteiger charge is -2.26. The molecule has 34 heavy (non-hydrogen) atoms. The van der Waals surface area contributed by atoms with Crippen LogP contribution in [0.15, 0.2) is 72.8 Å². The van der Waals surface area contributed by atoms with Crippen molar-refractivity contribution in [3.8, 4) is 0 Å². The van der Waals surface area contributed by atoms with Crippen LogP contribution in [0.25, 0.3) is 0 Å². The first kappa shape index (κ1) is 24.5. The summed E-state index contributed by atoms with van der Waals surface area (Å²) in [5.41, 5.74) is 5.37. The molecule has 0 aromatic heterocycles. The Morgan fingerprint density at radius 1 is 0.500 bits per heavy atom. The average Bonchev–Trinajstić information content (AvgIpc) is 2.82. The van der Waals surface area contributed by atoms with Crippen LogP contribution in [0.1, 0.15) is 37.5 Å². The predicted octanol–water partition coefficient (Wildman–Crippen LogP) is 5.35. The zero-order valence-electron chi connectivity index (χ0n) is 19.4. The molecule has 0 aliphatic heterocycles. The maximum absolute atomic E-state index is 11.1. The Labute approximate surface area is 198 Å². The van der Waals surface area contributed by atoms with Crippen molar-refractivity contribution in [3.05, 3.63) is 89.5 Å². The Morgan fingerprint density at radius 2 is 0.735 bits per heavy atom. The lowest BCUT2D eigenvalue weighted by Crippen LogP contribution is -2.10. The molecule has 3 aromatic rings. The number of esters is 3. The molecular formula is C27H27NO6. The third-order valence-corrected chi connectivity index (χ3v) is 4.91. The Hall–Kier alpha value is -4.13. The summed E-state index contributed by atoms with van der Waals surface area (Å²) in [6.07, 6.45) is 0. The van der Waals surface area contributed by atoms with E-state index in [1.165, 1.54) is 20.8 Å². The van der Waals surface area contributed by atoms with E-state index in [9.17, 15) is 14.4 Å². The summed E-state index contributed by atoms with van der Waals surface area (Å²) in [4.78, 5) is 35.4. The standard InChI is InChI=1S/C27H27NO6/c1-19(29)32-16-22-4-10-25(11-5-22)28(26-12-6-23(7-13-26)17-33-20(2)30)27-14-8-24(9-15-27)18-34-21(3)31/h4-15H,16-18H2,1-3H3. The summed E-state index contributed by atoms with van der Waals surface area (Å²) in [5.74, 6) is -0.977. The fourth-order valence-electron chi connectivity index (χ4n) is 3.23. The number of hydrogen-bond acceptors (Lipinski definition) is 7. The Morgan fingerprint density at radius 3 is 0.941 bits per heavy atom. The van der Waals surface area contributed by atoms with E-state index in [0.29, 0.717) is 0 Å². The number of carbonyl (C=O) groups is 3. The largest absolute Gasteiger partial charge is 0.461 e. The zero-order valence-corrected chi connectivity index (χ0v) is 19.4. The minimum absolute atomic E-state index is 0.214. The van der Waals surface area contributed by atoms with Crippen LogP contribution in [0.2, 0.25) is 0 Å². The second-order valence-corrected chi connectivity index (χ2v) is 7.68. The monoisotopic (exact) mass is 461 g/mol. The van der Waals surface area contributed by atoms with E-state index in [2.05, 4.69) is 4.90 Å². The molecule has 0 aliphatic rings. The average molecular weight is 462 g/mol. The summed E-state index contributed by atoms with van der Waals surface area (Å²) in [6.45, 7) is 4.78. The van der Waals surface area contributed by atoms with Gasteiger partial charge < -0.3 is 19.1 Å². The van der Waals surface area contributed by atoms with Gasteiger partial charge >= 0.3 is 17.9 Å². The normalized spacial score (nSPS) is 10.3. The number of rotatable bonds is 9. The molecule has 0 radical (unpaired) electrons. The molecular weight excluding hydrogens is 434 g/mol. The Kier molecular flexibility index (Phi) is 8.40. The Bertz CT molecular complexity index is 975. The summed E-state index contributed by atoms with van der Waals surface area (Å²) in [7, 11) is 0. The highest BCUT2D eigenvalue weighted by atomic mass is 16.5. The van der Waals surface area contributed by atoms with Gasteiger partial charge in [0.15, 0.2) is 0 Å². The van der Waals surface area contributed by atoms with Crippen molar-refractivity contribution in [2.45, 2.75) is 40.6 Å². The molecule has 0 aliphatic carbocycles. The van der Waals surface area contributed by atoms with Gasteiger partial charge in [0.25, 0.3) is 0 Å². The van der Waals surface area contributed by atoms with Gasteiger partial charge in [0.1, 0.15) is 19.8 Å². The molecule has 0 spiro atoms. The molecule has 0 saturated heterocycles. The van der Waals surface area contributed by atoms with Gasteiger partial charge in [-0.25, -0.2) is 0 Å². The number of carbonyl (C=O) groups excluding carboxylic acids is 3. The van der Waals surface area contributed by atoms with Crippen molar-refractivity contribution in [2.75, 3.05) is 4.90 Å². The molecule has 0 unspecified atom stereocenters. The van der Waals surface area contributed by atoms with Gasteiger partial charge in [-0.3, -0.25) is 14.4 Å². The van der Waals surface area contributed by atoms with Crippen LogP contribution in [0.3, 0.4) is 0 Å². The van der Waals surface area contributed by atoms with E-state index in [1.807, 2.05) is 72.8 Å². The molecule has 0 heterocycles. The van der Waals surface area contributed by atoms with Crippen LogP contribution >= 0.6 is 0 Å². The molecule has 7 heteroatoms. The molecule has 3 aromatic carbocycles. The summed E-state index contributed by atoms with van der Waals surface area (Å²) in [5, 5.41) is 0. The topological polar surface area (TPSA) is 82.1 Å². The molecule has 0 bridgehead atoms. The van der Waals surface area contributed by atoms with E-state index < -0.39 is 0 Å². The fraction of sp³-hybridized carbons (Fsp3) is 0.222. The van der Waals surface area contributed by atoms with Crippen LogP contribution in [0.5, 0.6) is 0 Å². The maximum atomic E-state index is 11.1. The second kappa shape index (κ2) is 11.7. The smallest absolute Gasteiger partial charge is 0.302 e. The SMILES string of the molecule is CC(=O)OCc1ccc(N(c2ccc(COC(C)=O)cc2)c2ccc(COC(C)=O)cc2)cc1. The number of hydrogen-bond donors (Lipinski definition) is 0. The van der Waals surface area contributed by atoms with Crippen LogP contribution in [-0.4, -0.2) is 17.9 Å². The zero-order chi connectivity index (χ0) is 24.5. The summed E-state index contributed by atoms with van der Waals surface area (Å²) in [6, 6.07) is 23.2. The molecule has 0 atom stereocenters. The molecule has 0 amide bonds. The van der Waals surface area contributed by atoms with Gasteiger partial charge in [-0.1, -0.05) is 36.4 Å². The van der Waals surface area contributed by atoms with Crippen molar-refractivity contribution >= 4 is 35.0 Å². The maximum Gasteiger partial charge on any atom is 0.302 e. The van der Waals surface area contributed by atoms with Crippen molar-refractivity contribution in [1.29, 1.82) is 0 Å². The molecule has 0 saturated carbocycles.